The second-order valence-electron chi connectivity index (χ2n) is 5.19. The minimum absolute atomic E-state index is 0.164. The van der Waals surface area contributed by atoms with Crippen LogP contribution < -0.4 is 0 Å². The number of rotatable bonds is 9. The van der Waals surface area contributed by atoms with Crippen LogP contribution in [0.2, 0.25) is 0 Å². The predicted octanol–water partition coefficient (Wildman–Crippen LogP) is 3.55. The molecule has 0 bridgehead atoms. The van der Waals surface area contributed by atoms with Gasteiger partial charge in [0.1, 0.15) is 5.75 Å². The molecule has 19 heavy (non-hydrogen) atoms. The van der Waals surface area contributed by atoms with Gasteiger partial charge in [-0.25, -0.2) is 0 Å². The van der Waals surface area contributed by atoms with Crippen LogP contribution in [0.3, 0.4) is 0 Å². The van der Waals surface area contributed by atoms with Crippen molar-refractivity contribution < 1.29 is 14.6 Å². The molecule has 1 aromatic rings. The lowest BCUT2D eigenvalue weighted by Gasteiger charge is -2.16. The summed E-state index contributed by atoms with van der Waals surface area (Å²) < 4.78 is 11.2. The van der Waals surface area contributed by atoms with Gasteiger partial charge in [0.25, 0.3) is 0 Å². The van der Waals surface area contributed by atoms with Gasteiger partial charge in [0.05, 0.1) is 18.8 Å². The topological polar surface area (TPSA) is 38.7 Å². The molecular formula is C16H26O3. The highest BCUT2D eigenvalue weighted by molar-refractivity contribution is 5.25. The lowest BCUT2D eigenvalue weighted by atomic mass is 10.1. The van der Waals surface area contributed by atoms with Gasteiger partial charge in [-0.05, 0) is 57.7 Å². The highest BCUT2D eigenvalue weighted by Crippen LogP contribution is 2.11. The molecule has 0 aliphatic heterocycles. The van der Waals surface area contributed by atoms with E-state index >= 15 is 0 Å². The van der Waals surface area contributed by atoms with Crippen LogP contribution in [0.15, 0.2) is 24.3 Å². The third-order valence-electron chi connectivity index (χ3n) is 2.80. The van der Waals surface area contributed by atoms with E-state index in [9.17, 15) is 5.11 Å². The van der Waals surface area contributed by atoms with E-state index in [4.69, 9.17) is 9.47 Å². The normalized spacial score (nSPS) is 12.8. The molecule has 1 rings (SSSR count). The number of hydrogen-bond donors (Lipinski definition) is 1. The lowest BCUT2D eigenvalue weighted by molar-refractivity contribution is -0.0352. The maximum Gasteiger partial charge on any atom is 0.115 e. The van der Waals surface area contributed by atoms with E-state index in [-0.39, 0.29) is 12.2 Å². The van der Waals surface area contributed by atoms with Gasteiger partial charge in [-0.2, -0.15) is 0 Å². The van der Waals surface area contributed by atoms with Crippen molar-refractivity contribution in [1.82, 2.24) is 0 Å². The smallest absolute Gasteiger partial charge is 0.115 e. The first kappa shape index (κ1) is 16.0. The average molecular weight is 266 g/mol. The molecule has 1 aromatic carbocycles. The van der Waals surface area contributed by atoms with Crippen molar-refractivity contribution in [3.8, 4) is 5.75 Å². The minimum Gasteiger partial charge on any atom is -0.508 e. The van der Waals surface area contributed by atoms with Crippen LogP contribution in [-0.4, -0.2) is 30.5 Å². The molecular weight excluding hydrogens is 240 g/mol. The summed E-state index contributed by atoms with van der Waals surface area (Å²) in [6.07, 6.45) is 3.60. The van der Waals surface area contributed by atoms with Gasteiger partial charge in [0, 0.05) is 6.61 Å². The van der Waals surface area contributed by atoms with Crippen LogP contribution in [-0.2, 0) is 15.9 Å². The van der Waals surface area contributed by atoms with Crippen LogP contribution in [0.1, 0.15) is 39.2 Å². The molecule has 108 valence electrons. The molecule has 1 unspecified atom stereocenters. The fraction of sp³-hybridized carbons (Fsp3) is 0.625. The number of phenolic OH excluding ortho intramolecular Hbond substituents is 1. The molecule has 1 atom stereocenters. The molecule has 1 N–H and O–H groups in total. The Morgan fingerprint density at radius 2 is 1.74 bits per heavy atom. The van der Waals surface area contributed by atoms with Gasteiger partial charge in [-0.1, -0.05) is 12.1 Å². The Bertz CT molecular complexity index is 332. The fourth-order valence-corrected chi connectivity index (χ4v) is 1.95. The first-order valence-electron chi connectivity index (χ1n) is 7.09. The Morgan fingerprint density at radius 1 is 1.05 bits per heavy atom. The van der Waals surface area contributed by atoms with Crippen molar-refractivity contribution in [1.29, 1.82) is 0 Å². The fourth-order valence-electron chi connectivity index (χ4n) is 1.95. The van der Waals surface area contributed by atoms with Crippen molar-refractivity contribution in [2.75, 3.05) is 13.2 Å². The zero-order valence-corrected chi connectivity index (χ0v) is 12.3. The number of benzene rings is 1. The van der Waals surface area contributed by atoms with Gasteiger partial charge < -0.3 is 14.6 Å². The Balaban J connectivity index is 2.01. The first-order valence-corrected chi connectivity index (χ1v) is 7.09. The van der Waals surface area contributed by atoms with E-state index in [1.54, 1.807) is 12.1 Å². The number of unbranched alkanes of at least 4 members (excludes halogenated alkanes) is 1. The summed E-state index contributed by atoms with van der Waals surface area (Å²) in [4.78, 5) is 0. The quantitative estimate of drug-likeness (QED) is 0.695. The molecule has 0 aliphatic rings. The summed E-state index contributed by atoms with van der Waals surface area (Å²) in [7, 11) is 0. The molecule has 0 saturated heterocycles. The maximum absolute atomic E-state index is 9.18. The highest BCUT2D eigenvalue weighted by atomic mass is 16.5. The first-order chi connectivity index (χ1) is 9.08. The average Bonchev–Trinajstić information content (AvgIpc) is 2.35. The summed E-state index contributed by atoms with van der Waals surface area (Å²) in [6.45, 7) is 7.56. The molecule has 3 nitrogen and oxygen atoms in total. The number of aromatic hydroxyl groups is 1. The van der Waals surface area contributed by atoms with Crippen molar-refractivity contribution in [3.05, 3.63) is 29.8 Å². The van der Waals surface area contributed by atoms with E-state index in [0.29, 0.717) is 12.4 Å². The van der Waals surface area contributed by atoms with E-state index in [0.717, 1.165) is 25.9 Å². The third-order valence-corrected chi connectivity index (χ3v) is 2.80. The van der Waals surface area contributed by atoms with Gasteiger partial charge >= 0.3 is 0 Å². The second kappa shape index (κ2) is 8.94. The zero-order chi connectivity index (χ0) is 14.1. The second-order valence-corrected chi connectivity index (χ2v) is 5.19. The standard InChI is InChI=1S/C16H26O3/c1-13(2)19-14(3)12-18-11-5-4-6-15-7-9-16(17)10-8-15/h7-10,13-14,17H,4-6,11-12H2,1-3H3. The SMILES string of the molecule is CC(C)OC(C)COCCCCc1ccc(O)cc1. The summed E-state index contributed by atoms with van der Waals surface area (Å²) in [5, 5.41) is 9.18. The third kappa shape index (κ3) is 7.85. The molecule has 0 aliphatic carbocycles. The zero-order valence-electron chi connectivity index (χ0n) is 12.3. The largest absolute Gasteiger partial charge is 0.508 e. The molecule has 3 heteroatoms. The minimum atomic E-state index is 0.164. The van der Waals surface area contributed by atoms with Crippen molar-refractivity contribution >= 4 is 0 Å². The Morgan fingerprint density at radius 3 is 2.37 bits per heavy atom. The summed E-state index contributed by atoms with van der Waals surface area (Å²) >= 11 is 0. The predicted molar refractivity (Wildman–Crippen MR) is 77.5 cm³/mol. The van der Waals surface area contributed by atoms with Gasteiger partial charge in [0.2, 0.25) is 0 Å². The maximum atomic E-state index is 9.18. The van der Waals surface area contributed by atoms with Crippen molar-refractivity contribution in [2.45, 2.75) is 52.2 Å². The Kier molecular flexibility index (Phi) is 7.53. The van der Waals surface area contributed by atoms with Crippen molar-refractivity contribution in [3.63, 3.8) is 0 Å². The molecule has 0 radical (unpaired) electrons. The summed E-state index contributed by atoms with van der Waals surface area (Å²) in [6, 6.07) is 7.40. The number of ether oxygens (including phenoxy) is 2. The van der Waals surface area contributed by atoms with Crippen LogP contribution in [0.5, 0.6) is 5.75 Å². The molecule has 0 saturated carbocycles. The molecule has 0 aromatic heterocycles. The van der Waals surface area contributed by atoms with Gasteiger partial charge in [-0.15, -0.1) is 0 Å². The molecule has 0 spiro atoms. The van der Waals surface area contributed by atoms with Crippen molar-refractivity contribution in [2.24, 2.45) is 0 Å². The van der Waals surface area contributed by atoms with Crippen LogP contribution in [0.25, 0.3) is 0 Å². The molecule has 0 amide bonds. The van der Waals surface area contributed by atoms with Crippen LogP contribution in [0.4, 0.5) is 0 Å². The van der Waals surface area contributed by atoms with Crippen LogP contribution in [0, 0.1) is 0 Å². The Labute approximate surface area is 116 Å². The Hall–Kier alpha value is -1.06. The molecule has 0 heterocycles. The summed E-state index contributed by atoms with van der Waals surface area (Å²) in [5.74, 6) is 0.325. The summed E-state index contributed by atoms with van der Waals surface area (Å²) in [5.41, 5.74) is 1.26. The van der Waals surface area contributed by atoms with Crippen LogP contribution >= 0.6 is 0 Å². The molecule has 0 fully saturated rings. The number of phenols is 1. The monoisotopic (exact) mass is 266 g/mol. The van der Waals surface area contributed by atoms with E-state index < -0.39 is 0 Å². The number of aryl methyl sites for hydroxylation is 1. The lowest BCUT2D eigenvalue weighted by Crippen LogP contribution is -2.20. The van der Waals surface area contributed by atoms with E-state index in [2.05, 4.69) is 0 Å². The van der Waals surface area contributed by atoms with Gasteiger partial charge in [-0.3, -0.25) is 0 Å². The number of hydrogen-bond acceptors (Lipinski definition) is 3. The van der Waals surface area contributed by atoms with Gasteiger partial charge in [0.15, 0.2) is 0 Å². The van der Waals surface area contributed by atoms with E-state index in [1.165, 1.54) is 5.56 Å². The highest BCUT2D eigenvalue weighted by Gasteiger charge is 2.04. The van der Waals surface area contributed by atoms with E-state index in [1.807, 2.05) is 32.9 Å².